The molecule has 0 bridgehead atoms. The standard InChI is InChI=1S/C16H19NO2/c1-17(9-12-5-4-6-12)10-15(18)14-11-19-16-8-3-2-7-13(14)16/h2-3,7-8,11-12H,4-6,9-10H2,1H3. The van der Waals surface area contributed by atoms with E-state index in [2.05, 4.69) is 4.90 Å². The molecular formula is C16H19NO2. The lowest BCUT2D eigenvalue weighted by atomic mass is 9.85. The molecule has 0 unspecified atom stereocenters. The van der Waals surface area contributed by atoms with E-state index in [4.69, 9.17) is 4.42 Å². The summed E-state index contributed by atoms with van der Waals surface area (Å²) < 4.78 is 5.43. The Kier molecular flexibility index (Phi) is 3.38. The molecule has 2 aromatic rings. The molecule has 0 spiro atoms. The summed E-state index contributed by atoms with van der Waals surface area (Å²) in [6.07, 6.45) is 5.56. The van der Waals surface area contributed by atoms with E-state index < -0.39 is 0 Å². The number of para-hydroxylation sites is 1. The van der Waals surface area contributed by atoms with Crippen molar-refractivity contribution in [1.29, 1.82) is 0 Å². The van der Waals surface area contributed by atoms with Gasteiger partial charge in [0, 0.05) is 11.9 Å². The normalized spacial score (nSPS) is 15.9. The Bertz CT molecular complexity index is 583. The second-order valence-corrected chi connectivity index (χ2v) is 5.56. The fraction of sp³-hybridized carbons (Fsp3) is 0.438. The number of benzene rings is 1. The largest absolute Gasteiger partial charge is 0.464 e. The lowest BCUT2D eigenvalue weighted by molar-refractivity contribution is 0.0925. The number of fused-ring (bicyclic) bond motifs is 1. The molecule has 1 heterocycles. The topological polar surface area (TPSA) is 33.5 Å². The van der Waals surface area contributed by atoms with Gasteiger partial charge < -0.3 is 4.42 Å². The van der Waals surface area contributed by atoms with Crippen LogP contribution in [-0.4, -0.2) is 30.8 Å². The first-order valence-electron chi connectivity index (χ1n) is 6.92. The van der Waals surface area contributed by atoms with Crippen molar-refractivity contribution in [3.63, 3.8) is 0 Å². The van der Waals surface area contributed by atoms with Gasteiger partial charge in [0.2, 0.25) is 0 Å². The van der Waals surface area contributed by atoms with Crippen LogP contribution in [-0.2, 0) is 0 Å². The lowest BCUT2D eigenvalue weighted by Crippen LogP contribution is -2.33. The summed E-state index contributed by atoms with van der Waals surface area (Å²) in [5, 5.41) is 0.921. The molecule has 0 radical (unpaired) electrons. The van der Waals surface area contributed by atoms with Crippen molar-refractivity contribution in [2.75, 3.05) is 20.1 Å². The minimum atomic E-state index is 0.145. The molecule has 0 saturated heterocycles. The van der Waals surface area contributed by atoms with Crippen molar-refractivity contribution in [1.82, 2.24) is 4.90 Å². The third-order valence-corrected chi connectivity index (χ3v) is 3.99. The van der Waals surface area contributed by atoms with Crippen LogP contribution in [0.25, 0.3) is 11.0 Å². The van der Waals surface area contributed by atoms with E-state index in [9.17, 15) is 4.79 Å². The van der Waals surface area contributed by atoms with E-state index in [1.165, 1.54) is 19.3 Å². The zero-order chi connectivity index (χ0) is 13.2. The van der Waals surface area contributed by atoms with Crippen LogP contribution in [0.2, 0.25) is 0 Å². The van der Waals surface area contributed by atoms with Crippen LogP contribution in [0.4, 0.5) is 0 Å². The zero-order valence-electron chi connectivity index (χ0n) is 11.3. The van der Waals surface area contributed by atoms with E-state index in [1.807, 2.05) is 31.3 Å². The highest BCUT2D eigenvalue weighted by Gasteiger charge is 2.21. The smallest absolute Gasteiger partial charge is 0.180 e. The maximum Gasteiger partial charge on any atom is 0.180 e. The number of likely N-dealkylation sites (N-methyl/N-ethyl adjacent to an activating group) is 1. The van der Waals surface area contributed by atoms with Gasteiger partial charge in [-0.3, -0.25) is 9.69 Å². The number of ketones is 1. The van der Waals surface area contributed by atoms with Crippen molar-refractivity contribution >= 4 is 16.8 Å². The first-order valence-corrected chi connectivity index (χ1v) is 6.92. The fourth-order valence-corrected chi connectivity index (χ4v) is 2.70. The summed E-state index contributed by atoms with van der Waals surface area (Å²) in [4.78, 5) is 14.4. The Hall–Kier alpha value is -1.61. The van der Waals surface area contributed by atoms with Crippen LogP contribution in [0.3, 0.4) is 0 Å². The zero-order valence-corrected chi connectivity index (χ0v) is 11.3. The van der Waals surface area contributed by atoms with Gasteiger partial charge in [0.15, 0.2) is 5.78 Å². The summed E-state index contributed by atoms with van der Waals surface area (Å²) in [6.45, 7) is 1.50. The molecule has 1 fully saturated rings. The highest BCUT2D eigenvalue weighted by atomic mass is 16.3. The molecule has 1 saturated carbocycles. The number of furan rings is 1. The highest BCUT2D eigenvalue weighted by molar-refractivity contribution is 6.08. The third kappa shape index (κ3) is 2.56. The van der Waals surface area contributed by atoms with Gasteiger partial charge in [-0.1, -0.05) is 24.6 Å². The van der Waals surface area contributed by atoms with Gasteiger partial charge in [0.25, 0.3) is 0 Å². The van der Waals surface area contributed by atoms with Crippen molar-refractivity contribution < 1.29 is 9.21 Å². The SMILES string of the molecule is CN(CC(=O)c1coc2ccccc12)CC1CCC1. The van der Waals surface area contributed by atoms with E-state index in [0.29, 0.717) is 12.1 Å². The van der Waals surface area contributed by atoms with E-state index >= 15 is 0 Å². The van der Waals surface area contributed by atoms with Crippen molar-refractivity contribution in [3.8, 4) is 0 Å². The maximum atomic E-state index is 12.3. The molecule has 0 atom stereocenters. The van der Waals surface area contributed by atoms with Gasteiger partial charge in [0.1, 0.15) is 11.8 Å². The summed E-state index contributed by atoms with van der Waals surface area (Å²) in [5.41, 5.74) is 1.49. The van der Waals surface area contributed by atoms with Gasteiger partial charge in [-0.05, 0) is 31.9 Å². The van der Waals surface area contributed by atoms with Crippen LogP contribution >= 0.6 is 0 Å². The van der Waals surface area contributed by atoms with Crippen LogP contribution in [0.5, 0.6) is 0 Å². The molecule has 3 heteroatoms. The Morgan fingerprint density at radius 2 is 2.16 bits per heavy atom. The van der Waals surface area contributed by atoms with Crippen LogP contribution in [0.1, 0.15) is 29.6 Å². The Morgan fingerprint density at radius 1 is 1.37 bits per heavy atom. The summed E-state index contributed by atoms with van der Waals surface area (Å²) >= 11 is 0. The Labute approximate surface area is 113 Å². The summed E-state index contributed by atoms with van der Waals surface area (Å²) in [6, 6.07) is 7.69. The number of nitrogens with zero attached hydrogens (tertiary/aromatic N) is 1. The van der Waals surface area contributed by atoms with Crippen LogP contribution in [0, 0.1) is 5.92 Å². The van der Waals surface area contributed by atoms with Gasteiger partial charge in [-0.15, -0.1) is 0 Å². The van der Waals surface area contributed by atoms with E-state index in [0.717, 1.165) is 23.4 Å². The predicted octanol–water partition coefficient (Wildman–Crippen LogP) is 3.35. The molecule has 1 aliphatic rings. The van der Waals surface area contributed by atoms with Crippen molar-refractivity contribution in [2.24, 2.45) is 5.92 Å². The monoisotopic (exact) mass is 257 g/mol. The molecule has 100 valence electrons. The number of hydrogen-bond acceptors (Lipinski definition) is 3. The number of rotatable bonds is 5. The first-order chi connectivity index (χ1) is 9.24. The molecule has 1 aromatic heterocycles. The molecule has 0 amide bonds. The average Bonchev–Trinajstić information content (AvgIpc) is 2.77. The molecule has 1 aliphatic carbocycles. The predicted molar refractivity (Wildman–Crippen MR) is 75.4 cm³/mol. The molecular weight excluding hydrogens is 238 g/mol. The van der Waals surface area contributed by atoms with Gasteiger partial charge in [-0.25, -0.2) is 0 Å². The minimum absolute atomic E-state index is 0.145. The van der Waals surface area contributed by atoms with Gasteiger partial charge in [-0.2, -0.15) is 0 Å². The Morgan fingerprint density at radius 3 is 2.89 bits per heavy atom. The average molecular weight is 257 g/mol. The fourth-order valence-electron chi connectivity index (χ4n) is 2.70. The minimum Gasteiger partial charge on any atom is -0.464 e. The number of carbonyl (C=O) groups is 1. The van der Waals surface area contributed by atoms with Gasteiger partial charge in [0.05, 0.1) is 12.1 Å². The molecule has 19 heavy (non-hydrogen) atoms. The summed E-state index contributed by atoms with van der Waals surface area (Å²) in [5.74, 6) is 0.936. The number of hydrogen-bond donors (Lipinski definition) is 0. The van der Waals surface area contributed by atoms with Crippen LogP contribution < -0.4 is 0 Å². The summed E-state index contributed by atoms with van der Waals surface area (Å²) in [7, 11) is 2.03. The number of Topliss-reactive ketones (excluding diaryl/α,β-unsaturated/α-hetero) is 1. The third-order valence-electron chi connectivity index (χ3n) is 3.99. The second kappa shape index (κ2) is 5.17. The molecule has 1 aromatic carbocycles. The second-order valence-electron chi connectivity index (χ2n) is 5.56. The highest BCUT2D eigenvalue weighted by Crippen LogP contribution is 2.27. The molecule has 0 N–H and O–H groups in total. The van der Waals surface area contributed by atoms with E-state index in [-0.39, 0.29) is 5.78 Å². The quantitative estimate of drug-likeness (QED) is 0.770. The van der Waals surface area contributed by atoms with Crippen LogP contribution in [0.15, 0.2) is 34.9 Å². The molecule has 0 aliphatic heterocycles. The molecule has 3 nitrogen and oxygen atoms in total. The molecule has 3 rings (SSSR count). The maximum absolute atomic E-state index is 12.3. The van der Waals surface area contributed by atoms with Crippen molar-refractivity contribution in [3.05, 3.63) is 36.1 Å². The van der Waals surface area contributed by atoms with E-state index in [1.54, 1.807) is 6.26 Å². The lowest BCUT2D eigenvalue weighted by Gasteiger charge is -2.29. The number of carbonyl (C=O) groups excluding carboxylic acids is 1. The Balaban J connectivity index is 1.69. The van der Waals surface area contributed by atoms with Crippen molar-refractivity contribution in [2.45, 2.75) is 19.3 Å². The first kappa shape index (κ1) is 12.4. The van der Waals surface area contributed by atoms with Gasteiger partial charge >= 0.3 is 0 Å².